The number of hydrogen-bond donors (Lipinski definition) is 0. The van der Waals surface area contributed by atoms with Crippen LogP contribution in [0.4, 0.5) is 14.6 Å². The molecule has 0 bridgehead atoms. The lowest BCUT2D eigenvalue weighted by molar-refractivity contribution is 0.412. The lowest BCUT2D eigenvalue weighted by Gasteiger charge is -2.22. The molecule has 6 aromatic rings. The Morgan fingerprint density at radius 3 is 2.33 bits per heavy atom. The molecule has 10 nitrogen and oxygen atoms in total. The highest BCUT2D eigenvalue weighted by Gasteiger charge is 2.28. The molecule has 0 saturated carbocycles. The highest BCUT2D eigenvalue weighted by atomic mass is 32.2. The molecule has 0 unspecified atom stereocenters. The minimum atomic E-state index is -4.15. The fraction of sp³-hybridized carbons (Fsp3) is 0.0938. The first-order chi connectivity index (χ1) is 21.7. The van der Waals surface area contributed by atoms with Gasteiger partial charge >= 0.3 is 0 Å². The molecule has 6 rings (SSSR count). The largest absolute Gasteiger partial charge is 0.497 e. The predicted molar refractivity (Wildman–Crippen MR) is 162 cm³/mol. The summed E-state index contributed by atoms with van der Waals surface area (Å²) in [5, 5.41) is 4.92. The molecule has 45 heavy (non-hydrogen) atoms. The van der Waals surface area contributed by atoms with Crippen LogP contribution in [0, 0.1) is 11.6 Å². The first-order valence-electron chi connectivity index (χ1n) is 13.4. The minimum Gasteiger partial charge on any atom is -0.497 e. The van der Waals surface area contributed by atoms with Crippen molar-refractivity contribution in [3.05, 3.63) is 125 Å². The Balaban J connectivity index is 1.41. The van der Waals surface area contributed by atoms with Crippen molar-refractivity contribution < 1.29 is 31.2 Å². The van der Waals surface area contributed by atoms with Gasteiger partial charge in [-0.3, -0.25) is 14.3 Å². The highest BCUT2D eigenvalue weighted by Crippen LogP contribution is 2.35. The summed E-state index contributed by atoms with van der Waals surface area (Å²) < 4.78 is 73.7. The molecule has 0 radical (unpaired) electrons. The van der Waals surface area contributed by atoms with E-state index in [0.717, 1.165) is 21.0 Å². The van der Waals surface area contributed by atoms with Gasteiger partial charge in [0.2, 0.25) is 0 Å². The van der Waals surface area contributed by atoms with Crippen LogP contribution in [0.1, 0.15) is 5.56 Å². The van der Waals surface area contributed by atoms with Crippen LogP contribution < -0.4 is 19.3 Å². The summed E-state index contributed by atoms with van der Waals surface area (Å²) in [5.41, 5.74) is 0.734. The van der Waals surface area contributed by atoms with Gasteiger partial charge in [-0.2, -0.15) is 0 Å². The number of anilines is 1. The lowest BCUT2D eigenvalue weighted by atomic mass is 10.0. The second-order valence-corrected chi connectivity index (χ2v) is 11.7. The van der Waals surface area contributed by atoms with Crippen molar-refractivity contribution in [2.45, 2.75) is 11.4 Å². The molecule has 0 spiro atoms. The number of benzene rings is 3. The molecule has 0 aliphatic heterocycles. The Labute approximate surface area is 255 Å². The van der Waals surface area contributed by atoms with Crippen molar-refractivity contribution in [3.8, 4) is 28.4 Å². The maximum absolute atomic E-state index is 14.0. The van der Waals surface area contributed by atoms with Crippen molar-refractivity contribution in [3.63, 3.8) is 0 Å². The summed E-state index contributed by atoms with van der Waals surface area (Å²) in [6.45, 7) is -0.0266. The second kappa shape index (κ2) is 11.8. The number of nitrogens with zero attached hydrogens (tertiary/aromatic N) is 4. The van der Waals surface area contributed by atoms with Crippen LogP contribution in [0.25, 0.3) is 27.7 Å². The number of fused-ring (bicyclic) bond motifs is 1. The number of rotatable bonds is 9. The van der Waals surface area contributed by atoms with Gasteiger partial charge in [0, 0.05) is 35.3 Å². The van der Waals surface area contributed by atoms with Crippen molar-refractivity contribution in [1.29, 1.82) is 0 Å². The van der Waals surface area contributed by atoms with Gasteiger partial charge in [0.15, 0.2) is 5.82 Å². The molecule has 0 atom stereocenters. The quantitative estimate of drug-likeness (QED) is 0.199. The van der Waals surface area contributed by atoms with Gasteiger partial charge in [0.1, 0.15) is 29.4 Å². The maximum Gasteiger partial charge on any atom is 0.265 e. The van der Waals surface area contributed by atoms with Crippen molar-refractivity contribution >= 4 is 26.6 Å². The van der Waals surface area contributed by atoms with Gasteiger partial charge < -0.3 is 14.0 Å². The molecular weight excluding hydrogens is 606 g/mol. The fourth-order valence-corrected chi connectivity index (χ4v) is 6.35. The summed E-state index contributed by atoms with van der Waals surface area (Å²) in [5.74, 6) is -0.747. The third-order valence-corrected chi connectivity index (χ3v) is 8.85. The zero-order valence-electron chi connectivity index (χ0n) is 23.8. The molecule has 0 aliphatic rings. The highest BCUT2D eigenvalue weighted by molar-refractivity contribution is 7.92. The van der Waals surface area contributed by atoms with Crippen LogP contribution in [-0.2, 0) is 16.6 Å². The third-order valence-electron chi connectivity index (χ3n) is 7.11. The summed E-state index contributed by atoms with van der Waals surface area (Å²) >= 11 is 0. The van der Waals surface area contributed by atoms with Crippen LogP contribution >= 0.6 is 0 Å². The number of hydrogen-bond acceptors (Lipinski definition) is 8. The van der Waals surface area contributed by atoms with Gasteiger partial charge in [-0.15, -0.1) is 0 Å². The lowest BCUT2D eigenvalue weighted by Crippen LogP contribution is -2.30. The molecule has 0 N–H and O–H groups in total. The van der Waals surface area contributed by atoms with E-state index in [-0.39, 0.29) is 28.7 Å². The van der Waals surface area contributed by atoms with Crippen LogP contribution in [0.3, 0.4) is 0 Å². The summed E-state index contributed by atoms with van der Waals surface area (Å²) in [6.07, 6.45) is 4.09. The van der Waals surface area contributed by atoms with E-state index in [1.807, 2.05) is 0 Å². The Kier molecular flexibility index (Phi) is 7.77. The number of ether oxygens (including phenoxy) is 2. The minimum absolute atomic E-state index is 0.0147. The molecule has 0 amide bonds. The van der Waals surface area contributed by atoms with Gasteiger partial charge in [0.05, 0.1) is 43.2 Å². The maximum atomic E-state index is 14.0. The van der Waals surface area contributed by atoms with E-state index in [2.05, 4.69) is 10.1 Å². The van der Waals surface area contributed by atoms with Crippen LogP contribution in [0.2, 0.25) is 0 Å². The van der Waals surface area contributed by atoms with E-state index in [4.69, 9.17) is 14.0 Å². The summed E-state index contributed by atoms with van der Waals surface area (Å²) in [7, 11) is -1.22. The summed E-state index contributed by atoms with van der Waals surface area (Å²) in [6, 6.07) is 18.6. The van der Waals surface area contributed by atoms with Crippen molar-refractivity contribution in [2.24, 2.45) is 0 Å². The molecule has 0 aliphatic carbocycles. The molecular formula is C32H24F2N4O6S. The second-order valence-electron chi connectivity index (χ2n) is 9.85. The van der Waals surface area contributed by atoms with Gasteiger partial charge in [-0.1, -0.05) is 23.4 Å². The molecule has 3 aromatic heterocycles. The average Bonchev–Trinajstić information content (AvgIpc) is 3.57. The zero-order chi connectivity index (χ0) is 31.7. The Bertz CT molecular complexity index is 2170. The third kappa shape index (κ3) is 5.72. The molecule has 13 heteroatoms. The van der Waals surface area contributed by atoms with Crippen LogP contribution in [0.15, 0.2) is 112 Å². The topological polar surface area (TPSA) is 117 Å². The number of sulfonamides is 1. The van der Waals surface area contributed by atoms with E-state index in [0.29, 0.717) is 39.4 Å². The normalized spacial score (nSPS) is 11.5. The monoisotopic (exact) mass is 630 g/mol. The Morgan fingerprint density at radius 2 is 1.67 bits per heavy atom. The zero-order valence-corrected chi connectivity index (χ0v) is 24.7. The molecule has 228 valence electrons. The first kappa shape index (κ1) is 29.5. The summed E-state index contributed by atoms with van der Waals surface area (Å²) in [4.78, 5) is 17.6. The van der Waals surface area contributed by atoms with Crippen LogP contribution in [0.5, 0.6) is 11.5 Å². The standard InChI is InChI=1S/C32H24F2N4O6S/c1-42-25-5-3-20(4-6-25)18-38(30-10-12-44-36-30)45(40,41)26-7-8-27-21(13-26)9-11-35-32(27)28-17-31(39)37(19-29(28)43-2)24-15-22(33)14-23(34)16-24/h3-17,19H,18H2,1-2H3. The number of methoxy groups -OCH3 is 2. The van der Waals surface area contributed by atoms with E-state index < -0.39 is 27.2 Å². The molecule has 0 saturated heterocycles. The predicted octanol–water partition coefficient (Wildman–Crippen LogP) is 5.73. The molecule has 3 aromatic carbocycles. The smallest absolute Gasteiger partial charge is 0.265 e. The number of pyridine rings is 2. The van der Waals surface area contributed by atoms with E-state index in [9.17, 15) is 22.0 Å². The van der Waals surface area contributed by atoms with Crippen molar-refractivity contribution in [2.75, 3.05) is 18.5 Å². The Hall–Kier alpha value is -5.56. The number of halogens is 2. The van der Waals surface area contributed by atoms with Crippen molar-refractivity contribution in [1.82, 2.24) is 14.7 Å². The van der Waals surface area contributed by atoms with E-state index >= 15 is 0 Å². The van der Waals surface area contributed by atoms with Crippen LogP contribution in [-0.4, -0.2) is 37.3 Å². The van der Waals surface area contributed by atoms with E-state index in [1.54, 1.807) is 43.5 Å². The molecule has 3 heterocycles. The van der Waals surface area contributed by atoms with Gasteiger partial charge in [-0.05, 0) is 53.4 Å². The molecule has 0 fully saturated rings. The number of aromatic nitrogens is 3. The van der Waals surface area contributed by atoms with Gasteiger partial charge in [-0.25, -0.2) is 21.5 Å². The fourth-order valence-electron chi connectivity index (χ4n) is 4.92. The van der Waals surface area contributed by atoms with Gasteiger partial charge in [0.25, 0.3) is 15.6 Å². The SMILES string of the molecule is COc1ccc(CN(c2ccon2)S(=O)(=O)c2ccc3c(-c4cc(=O)n(-c5cc(F)cc(F)c5)cc4OC)nccc3c2)cc1. The average molecular weight is 631 g/mol. The Morgan fingerprint density at radius 1 is 0.911 bits per heavy atom. The van der Waals surface area contributed by atoms with E-state index in [1.165, 1.54) is 50.0 Å². The first-order valence-corrected chi connectivity index (χ1v) is 14.8.